The van der Waals surface area contributed by atoms with Crippen molar-refractivity contribution in [3.63, 3.8) is 0 Å². The molecule has 0 amide bonds. The average Bonchev–Trinajstić information content (AvgIpc) is 2.67. The highest BCUT2D eigenvalue weighted by molar-refractivity contribution is 5.82. The zero-order valence-corrected chi connectivity index (χ0v) is 12.5. The molecule has 0 N–H and O–H groups in total. The topological polar surface area (TPSA) is 52.6 Å². The van der Waals surface area contributed by atoms with Crippen LogP contribution in [0.5, 0.6) is 0 Å². The molecule has 0 aromatic heterocycles. The molecule has 0 radical (unpaired) electrons. The second kappa shape index (κ2) is 5.76. The summed E-state index contributed by atoms with van der Waals surface area (Å²) in [7, 11) is 1.41. The molecule has 0 heterocycles. The zero-order valence-electron chi connectivity index (χ0n) is 12.5. The van der Waals surface area contributed by atoms with Gasteiger partial charge in [0.2, 0.25) is 0 Å². The third kappa shape index (κ3) is 5.05. The number of hydrogen-bond acceptors (Lipinski definition) is 4. The molecule has 0 saturated heterocycles. The summed E-state index contributed by atoms with van der Waals surface area (Å²) in [6.07, 6.45) is 5.75. The smallest absolute Gasteiger partial charge is 0.330 e. The number of allylic oxidation sites excluding steroid dienone is 1. The third-order valence-corrected chi connectivity index (χ3v) is 3.34. The Labute approximate surface area is 115 Å². The Balaban J connectivity index is 2.57. The van der Waals surface area contributed by atoms with Crippen LogP contribution in [0, 0.1) is 11.3 Å². The van der Waals surface area contributed by atoms with E-state index in [2.05, 4.69) is 6.92 Å². The van der Waals surface area contributed by atoms with Crippen LogP contribution in [0.15, 0.2) is 12.2 Å². The highest BCUT2D eigenvalue weighted by Gasteiger charge is 2.37. The van der Waals surface area contributed by atoms with Gasteiger partial charge >= 0.3 is 11.9 Å². The summed E-state index contributed by atoms with van der Waals surface area (Å²) >= 11 is 0. The molecule has 108 valence electrons. The van der Waals surface area contributed by atoms with Crippen molar-refractivity contribution in [3.05, 3.63) is 12.2 Å². The first kappa shape index (κ1) is 15.7. The maximum absolute atomic E-state index is 11.6. The number of hydrogen-bond donors (Lipinski definition) is 0. The summed E-state index contributed by atoms with van der Waals surface area (Å²) in [6, 6.07) is 0. The van der Waals surface area contributed by atoms with Crippen LogP contribution in [0.4, 0.5) is 0 Å². The summed E-state index contributed by atoms with van der Waals surface area (Å²) in [6.45, 7) is 7.56. The van der Waals surface area contributed by atoms with Gasteiger partial charge in [0, 0.05) is 6.08 Å². The number of esters is 2. The molecule has 1 saturated carbocycles. The Morgan fingerprint density at radius 1 is 1.32 bits per heavy atom. The van der Waals surface area contributed by atoms with E-state index in [1.54, 1.807) is 0 Å². The molecule has 19 heavy (non-hydrogen) atoms. The quantitative estimate of drug-likeness (QED) is 0.583. The van der Waals surface area contributed by atoms with Crippen LogP contribution in [-0.2, 0) is 19.1 Å². The minimum Gasteiger partial charge on any atom is -0.469 e. The minimum atomic E-state index is -0.480. The molecular formula is C15H24O4. The van der Waals surface area contributed by atoms with Crippen LogP contribution >= 0.6 is 0 Å². The average molecular weight is 268 g/mol. The van der Waals surface area contributed by atoms with Gasteiger partial charge in [-0.3, -0.25) is 4.79 Å². The van der Waals surface area contributed by atoms with Crippen LogP contribution in [0.3, 0.4) is 0 Å². The van der Waals surface area contributed by atoms with E-state index in [-0.39, 0.29) is 23.3 Å². The Kier molecular flexibility index (Phi) is 4.77. The first-order chi connectivity index (χ1) is 8.65. The first-order valence-corrected chi connectivity index (χ1v) is 6.65. The van der Waals surface area contributed by atoms with Crippen molar-refractivity contribution in [1.82, 2.24) is 0 Å². The zero-order chi connectivity index (χ0) is 14.7. The Bertz CT molecular complexity index is 378. The molecule has 0 bridgehead atoms. The number of methoxy groups -OCH3 is 1. The monoisotopic (exact) mass is 268 g/mol. The fourth-order valence-corrected chi connectivity index (χ4v) is 2.40. The molecule has 1 fully saturated rings. The van der Waals surface area contributed by atoms with E-state index in [9.17, 15) is 9.59 Å². The van der Waals surface area contributed by atoms with Gasteiger partial charge in [0.25, 0.3) is 0 Å². The van der Waals surface area contributed by atoms with Crippen LogP contribution < -0.4 is 0 Å². The first-order valence-electron chi connectivity index (χ1n) is 6.65. The van der Waals surface area contributed by atoms with Crippen LogP contribution in [0.25, 0.3) is 0 Å². The minimum absolute atomic E-state index is 0.0571. The lowest BCUT2D eigenvalue weighted by atomic mass is 9.87. The molecule has 0 aromatic carbocycles. The van der Waals surface area contributed by atoms with Gasteiger partial charge in [-0.2, -0.15) is 0 Å². The molecule has 4 nitrogen and oxygen atoms in total. The molecule has 0 aromatic rings. The molecule has 2 atom stereocenters. The lowest BCUT2D eigenvalue weighted by Crippen LogP contribution is -2.23. The third-order valence-electron chi connectivity index (χ3n) is 3.34. The van der Waals surface area contributed by atoms with Crippen molar-refractivity contribution in [3.8, 4) is 0 Å². The summed E-state index contributed by atoms with van der Waals surface area (Å²) in [5.41, 5.74) is -0.609. The van der Waals surface area contributed by atoms with E-state index < -0.39 is 5.60 Å². The van der Waals surface area contributed by atoms with Crippen molar-refractivity contribution in [2.75, 3.05) is 7.11 Å². The second-order valence-electron chi connectivity index (χ2n) is 6.48. The van der Waals surface area contributed by atoms with Crippen LogP contribution in [0.1, 0.15) is 47.0 Å². The number of ether oxygens (including phenoxy) is 2. The standard InChI is InChI=1S/C15H24O4/c1-14(2,3)19-12(16)7-9-15(4)8-6-11(10-15)13(17)18-5/h7,9,11H,6,8,10H2,1-5H3/b9-7+/t11-,15-/m0/s1. The van der Waals surface area contributed by atoms with Crippen molar-refractivity contribution in [1.29, 1.82) is 0 Å². The van der Waals surface area contributed by atoms with Gasteiger partial charge in [-0.25, -0.2) is 4.79 Å². The number of carbonyl (C=O) groups is 2. The molecule has 1 aliphatic carbocycles. The Hall–Kier alpha value is -1.32. The summed E-state index contributed by atoms with van der Waals surface area (Å²) in [5.74, 6) is -0.553. The molecule has 1 rings (SSSR count). The highest BCUT2D eigenvalue weighted by atomic mass is 16.6. The lowest BCUT2D eigenvalue weighted by Gasteiger charge is -2.20. The van der Waals surface area contributed by atoms with Gasteiger partial charge in [-0.15, -0.1) is 0 Å². The fraction of sp³-hybridized carbons (Fsp3) is 0.733. The van der Waals surface area contributed by atoms with Crippen LogP contribution in [-0.4, -0.2) is 24.6 Å². The Morgan fingerprint density at radius 2 is 1.95 bits per heavy atom. The summed E-state index contributed by atoms with van der Waals surface area (Å²) < 4.78 is 9.98. The van der Waals surface area contributed by atoms with Gasteiger partial charge in [0.1, 0.15) is 5.60 Å². The summed E-state index contributed by atoms with van der Waals surface area (Å²) in [4.78, 5) is 23.1. The van der Waals surface area contributed by atoms with Gasteiger partial charge in [-0.1, -0.05) is 13.0 Å². The predicted octanol–water partition coefficient (Wildman–Crippen LogP) is 2.86. The molecule has 0 unspecified atom stereocenters. The van der Waals surface area contributed by atoms with E-state index >= 15 is 0 Å². The molecule has 4 heteroatoms. The molecule has 0 aliphatic heterocycles. The van der Waals surface area contributed by atoms with E-state index in [0.29, 0.717) is 0 Å². The molecular weight excluding hydrogens is 244 g/mol. The van der Waals surface area contributed by atoms with E-state index in [4.69, 9.17) is 9.47 Å². The molecule has 0 spiro atoms. The van der Waals surface area contributed by atoms with E-state index in [1.807, 2.05) is 26.8 Å². The van der Waals surface area contributed by atoms with Crippen LogP contribution in [0.2, 0.25) is 0 Å². The maximum atomic E-state index is 11.6. The van der Waals surface area contributed by atoms with Crippen molar-refractivity contribution in [2.24, 2.45) is 11.3 Å². The SMILES string of the molecule is COC(=O)[C@H]1CC[C@@](C)(/C=C/C(=O)OC(C)(C)C)C1. The Morgan fingerprint density at radius 3 is 2.47 bits per heavy atom. The number of rotatable bonds is 3. The molecule has 1 aliphatic rings. The van der Waals surface area contributed by atoms with Crippen molar-refractivity contribution >= 4 is 11.9 Å². The van der Waals surface area contributed by atoms with E-state index in [1.165, 1.54) is 13.2 Å². The highest BCUT2D eigenvalue weighted by Crippen LogP contribution is 2.43. The van der Waals surface area contributed by atoms with Gasteiger partial charge in [0.05, 0.1) is 13.0 Å². The normalized spacial score (nSPS) is 27.5. The van der Waals surface area contributed by atoms with E-state index in [0.717, 1.165) is 19.3 Å². The van der Waals surface area contributed by atoms with Crippen molar-refractivity contribution in [2.45, 2.75) is 52.6 Å². The fourth-order valence-electron chi connectivity index (χ4n) is 2.40. The number of carbonyl (C=O) groups excluding carboxylic acids is 2. The van der Waals surface area contributed by atoms with Gasteiger partial charge in [-0.05, 0) is 45.4 Å². The second-order valence-corrected chi connectivity index (χ2v) is 6.48. The van der Waals surface area contributed by atoms with Gasteiger partial charge < -0.3 is 9.47 Å². The maximum Gasteiger partial charge on any atom is 0.330 e. The van der Waals surface area contributed by atoms with Crippen molar-refractivity contribution < 1.29 is 19.1 Å². The summed E-state index contributed by atoms with van der Waals surface area (Å²) in [5, 5.41) is 0. The largest absolute Gasteiger partial charge is 0.469 e. The van der Waals surface area contributed by atoms with Gasteiger partial charge in [0.15, 0.2) is 0 Å². The lowest BCUT2D eigenvalue weighted by molar-refractivity contribution is -0.148. The predicted molar refractivity (Wildman–Crippen MR) is 72.4 cm³/mol.